The van der Waals surface area contributed by atoms with Crippen molar-refractivity contribution in [1.82, 2.24) is 5.16 Å². The number of halogens is 2. The summed E-state index contributed by atoms with van der Waals surface area (Å²) >= 11 is 0. The van der Waals surface area contributed by atoms with E-state index in [0.717, 1.165) is 12.1 Å². The summed E-state index contributed by atoms with van der Waals surface area (Å²) in [6, 6.07) is 2.86. The van der Waals surface area contributed by atoms with Gasteiger partial charge in [0.15, 0.2) is 0 Å². The molecule has 0 radical (unpaired) electrons. The van der Waals surface area contributed by atoms with Crippen LogP contribution in [0.4, 0.5) is 14.5 Å². The molecule has 17 heavy (non-hydrogen) atoms. The summed E-state index contributed by atoms with van der Waals surface area (Å²) in [5.74, 6) is -2.20. The van der Waals surface area contributed by atoms with Crippen LogP contribution in [0.1, 0.15) is 16.1 Å². The molecule has 1 N–H and O–H groups in total. The van der Waals surface area contributed by atoms with E-state index in [0.29, 0.717) is 11.6 Å². The van der Waals surface area contributed by atoms with Crippen LogP contribution in [-0.4, -0.2) is 11.1 Å². The molecule has 1 heterocycles. The van der Waals surface area contributed by atoms with E-state index >= 15 is 0 Å². The summed E-state index contributed by atoms with van der Waals surface area (Å²) < 4.78 is 30.6. The fourth-order valence-electron chi connectivity index (χ4n) is 1.28. The molecule has 1 aromatic heterocycles. The van der Waals surface area contributed by atoms with Crippen LogP contribution in [0, 0.1) is 18.6 Å². The van der Waals surface area contributed by atoms with E-state index in [1.54, 1.807) is 6.92 Å². The number of hydrogen-bond acceptors (Lipinski definition) is 3. The highest BCUT2D eigenvalue weighted by atomic mass is 19.1. The van der Waals surface area contributed by atoms with Crippen LogP contribution >= 0.6 is 0 Å². The Hall–Kier alpha value is -2.24. The van der Waals surface area contributed by atoms with Gasteiger partial charge < -0.3 is 9.84 Å². The van der Waals surface area contributed by atoms with Crippen molar-refractivity contribution in [3.63, 3.8) is 0 Å². The molecular weight excluding hydrogens is 230 g/mol. The summed E-state index contributed by atoms with van der Waals surface area (Å²) in [4.78, 5) is 11.6. The lowest BCUT2D eigenvalue weighted by Crippen LogP contribution is -2.13. The zero-order valence-electron chi connectivity index (χ0n) is 8.83. The summed E-state index contributed by atoms with van der Waals surface area (Å²) in [6.07, 6.45) is 1.37. The number of amides is 1. The summed E-state index contributed by atoms with van der Waals surface area (Å²) in [7, 11) is 0. The quantitative estimate of drug-likeness (QED) is 0.874. The van der Waals surface area contributed by atoms with Gasteiger partial charge in [-0.1, -0.05) is 5.16 Å². The fraction of sp³-hybridized carbons (Fsp3) is 0.0909. The van der Waals surface area contributed by atoms with Gasteiger partial charge >= 0.3 is 0 Å². The van der Waals surface area contributed by atoms with Crippen molar-refractivity contribution in [3.05, 3.63) is 47.4 Å². The van der Waals surface area contributed by atoms with Crippen LogP contribution in [-0.2, 0) is 0 Å². The molecule has 4 nitrogen and oxygen atoms in total. The fourth-order valence-corrected chi connectivity index (χ4v) is 1.28. The van der Waals surface area contributed by atoms with Crippen molar-refractivity contribution < 1.29 is 18.1 Å². The van der Waals surface area contributed by atoms with E-state index in [2.05, 4.69) is 10.5 Å². The Bertz CT molecular complexity index is 566. The first-order chi connectivity index (χ1) is 8.08. The molecule has 2 aromatic rings. The van der Waals surface area contributed by atoms with Crippen LogP contribution in [0.2, 0.25) is 0 Å². The monoisotopic (exact) mass is 238 g/mol. The molecule has 0 aliphatic heterocycles. The number of hydrogen-bond donors (Lipinski definition) is 1. The normalized spacial score (nSPS) is 10.3. The maximum absolute atomic E-state index is 13.3. The summed E-state index contributed by atoms with van der Waals surface area (Å²) in [6.45, 7) is 1.63. The second-order valence-corrected chi connectivity index (χ2v) is 3.42. The van der Waals surface area contributed by atoms with Gasteiger partial charge in [-0.3, -0.25) is 4.79 Å². The number of aromatic nitrogens is 1. The van der Waals surface area contributed by atoms with E-state index in [4.69, 9.17) is 4.52 Å². The number of aryl methyl sites for hydroxylation is 1. The second kappa shape index (κ2) is 4.32. The molecule has 6 heteroatoms. The van der Waals surface area contributed by atoms with E-state index in [9.17, 15) is 13.6 Å². The smallest absolute Gasteiger partial charge is 0.294 e. The average molecular weight is 238 g/mol. The van der Waals surface area contributed by atoms with Gasteiger partial charge in [-0.2, -0.15) is 0 Å². The van der Waals surface area contributed by atoms with Crippen LogP contribution in [0.3, 0.4) is 0 Å². The molecule has 1 aromatic carbocycles. The standard InChI is InChI=1S/C11H8F2N2O2/c1-6-5-14-17-10(6)11(16)15-9-3-2-7(12)4-8(9)13/h2-5H,1H3,(H,15,16). The van der Waals surface area contributed by atoms with Gasteiger partial charge in [0.2, 0.25) is 5.76 Å². The molecule has 0 saturated heterocycles. The predicted molar refractivity (Wildman–Crippen MR) is 55.6 cm³/mol. The lowest BCUT2D eigenvalue weighted by molar-refractivity contribution is 0.0986. The van der Waals surface area contributed by atoms with E-state index < -0.39 is 17.5 Å². The molecule has 0 aliphatic carbocycles. The Morgan fingerprint density at radius 1 is 1.41 bits per heavy atom. The number of nitrogens with zero attached hydrogens (tertiary/aromatic N) is 1. The summed E-state index contributed by atoms with van der Waals surface area (Å²) in [5.41, 5.74) is 0.414. The highest BCUT2D eigenvalue weighted by Gasteiger charge is 2.16. The molecule has 0 unspecified atom stereocenters. The maximum Gasteiger partial charge on any atom is 0.294 e. The molecule has 0 spiro atoms. The zero-order valence-corrected chi connectivity index (χ0v) is 8.83. The Balaban J connectivity index is 2.22. The van der Waals surface area contributed by atoms with Crippen molar-refractivity contribution in [2.75, 3.05) is 5.32 Å². The molecule has 0 bridgehead atoms. The number of nitrogens with one attached hydrogen (secondary N) is 1. The van der Waals surface area contributed by atoms with Crippen molar-refractivity contribution in [3.8, 4) is 0 Å². The van der Waals surface area contributed by atoms with Crippen LogP contribution < -0.4 is 5.32 Å². The lowest BCUT2D eigenvalue weighted by atomic mass is 10.2. The minimum absolute atomic E-state index is 0.00581. The number of rotatable bonds is 2. The molecule has 0 fully saturated rings. The summed E-state index contributed by atoms with van der Waals surface area (Å²) in [5, 5.41) is 5.70. The second-order valence-electron chi connectivity index (χ2n) is 3.42. The number of benzene rings is 1. The third kappa shape index (κ3) is 2.30. The number of anilines is 1. The van der Waals surface area contributed by atoms with Gasteiger partial charge in [0.05, 0.1) is 11.9 Å². The number of carbonyl (C=O) groups is 1. The van der Waals surface area contributed by atoms with Gasteiger partial charge in [-0.15, -0.1) is 0 Å². The van der Waals surface area contributed by atoms with Gasteiger partial charge in [0.1, 0.15) is 11.6 Å². The maximum atomic E-state index is 13.3. The molecular formula is C11H8F2N2O2. The first-order valence-electron chi connectivity index (χ1n) is 4.75. The average Bonchev–Trinajstić information content (AvgIpc) is 2.68. The van der Waals surface area contributed by atoms with Gasteiger partial charge in [0, 0.05) is 11.6 Å². The first-order valence-corrected chi connectivity index (χ1v) is 4.75. The molecule has 2 rings (SSSR count). The van der Waals surface area contributed by atoms with Crippen molar-refractivity contribution >= 4 is 11.6 Å². The third-order valence-corrected chi connectivity index (χ3v) is 2.13. The highest BCUT2D eigenvalue weighted by Crippen LogP contribution is 2.16. The van der Waals surface area contributed by atoms with Crippen LogP contribution in [0.15, 0.2) is 28.9 Å². The Morgan fingerprint density at radius 3 is 2.76 bits per heavy atom. The molecule has 88 valence electrons. The first kappa shape index (κ1) is 11.3. The van der Waals surface area contributed by atoms with Crippen molar-refractivity contribution in [1.29, 1.82) is 0 Å². The largest absolute Gasteiger partial charge is 0.351 e. The molecule has 0 aliphatic rings. The van der Waals surface area contributed by atoms with E-state index in [-0.39, 0.29) is 11.4 Å². The van der Waals surface area contributed by atoms with Crippen LogP contribution in [0.25, 0.3) is 0 Å². The van der Waals surface area contributed by atoms with Crippen molar-refractivity contribution in [2.24, 2.45) is 0 Å². The number of carbonyl (C=O) groups excluding carboxylic acids is 1. The molecule has 1 amide bonds. The van der Waals surface area contributed by atoms with E-state index in [1.807, 2.05) is 0 Å². The minimum Gasteiger partial charge on any atom is -0.351 e. The molecule has 0 atom stereocenters. The molecule has 0 saturated carbocycles. The Morgan fingerprint density at radius 2 is 2.18 bits per heavy atom. The Kier molecular flexibility index (Phi) is 2.86. The third-order valence-electron chi connectivity index (χ3n) is 2.13. The Labute approximate surface area is 95.2 Å². The van der Waals surface area contributed by atoms with Crippen molar-refractivity contribution in [2.45, 2.75) is 6.92 Å². The van der Waals surface area contributed by atoms with Gasteiger partial charge in [-0.05, 0) is 19.1 Å². The SMILES string of the molecule is Cc1cnoc1C(=O)Nc1ccc(F)cc1F. The lowest BCUT2D eigenvalue weighted by Gasteiger charge is -2.04. The van der Waals surface area contributed by atoms with Gasteiger partial charge in [-0.25, -0.2) is 8.78 Å². The topological polar surface area (TPSA) is 55.1 Å². The van der Waals surface area contributed by atoms with E-state index in [1.165, 1.54) is 6.20 Å². The van der Waals surface area contributed by atoms with Gasteiger partial charge in [0.25, 0.3) is 5.91 Å². The predicted octanol–water partition coefficient (Wildman–Crippen LogP) is 2.51. The highest BCUT2D eigenvalue weighted by molar-refractivity contribution is 6.03. The zero-order chi connectivity index (χ0) is 12.4. The minimum atomic E-state index is -0.851. The van der Waals surface area contributed by atoms with Crippen LogP contribution in [0.5, 0.6) is 0 Å².